The highest BCUT2D eigenvalue weighted by Crippen LogP contribution is 2.31. The number of thiophene rings is 1. The van der Waals surface area contributed by atoms with Gasteiger partial charge in [-0.05, 0) is 37.9 Å². The predicted molar refractivity (Wildman–Crippen MR) is 45.6 cm³/mol. The van der Waals surface area contributed by atoms with Crippen LogP contribution in [0.2, 0.25) is 0 Å². The average Bonchev–Trinajstić information content (AvgIpc) is 2.10. The lowest BCUT2D eigenvalue weighted by Crippen LogP contribution is -1.75. The van der Waals surface area contributed by atoms with Crippen molar-refractivity contribution in [2.75, 3.05) is 0 Å². The summed E-state index contributed by atoms with van der Waals surface area (Å²) >= 11 is 8.17. The summed E-state index contributed by atoms with van der Waals surface area (Å²) in [6.07, 6.45) is 0. The van der Waals surface area contributed by atoms with E-state index in [1.807, 2.05) is 6.07 Å². The Morgan fingerprint density at radius 3 is 2.44 bits per heavy atom. The zero-order chi connectivity index (χ0) is 6.85. The number of aliphatic hydroxyl groups excluding tert-OH is 1. The Morgan fingerprint density at radius 2 is 2.22 bits per heavy atom. The van der Waals surface area contributed by atoms with E-state index in [1.54, 1.807) is 11.3 Å². The lowest BCUT2D eigenvalue weighted by atomic mass is 10.4. The van der Waals surface area contributed by atoms with Crippen LogP contribution in [0.4, 0.5) is 0 Å². The molecule has 0 amide bonds. The first kappa shape index (κ1) is 7.72. The molecule has 1 nitrogen and oxygen atoms in total. The predicted octanol–water partition coefficient (Wildman–Crippen LogP) is 2.77. The lowest BCUT2D eigenvalue weighted by molar-refractivity contribution is 0.281. The topological polar surface area (TPSA) is 20.2 Å². The van der Waals surface area contributed by atoms with Crippen LogP contribution in [-0.2, 0) is 6.61 Å². The second-order valence-corrected chi connectivity index (χ2v) is 5.26. The molecule has 1 aromatic rings. The number of aliphatic hydroxyl groups is 1. The molecule has 0 fully saturated rings. The molecular formula is C5H4Br2OS. The van der Waals surface area contributed by atoms with Crippen LogP contribution < -0.4 is 0 Å². The van der Waals surface area contributed by atoms with Crippen LogP contribution in [0, 0.1) is 0 Å². The van der Waals surface area contributed by atoms with Crippen molar-refractivity contribution in [1.29, 1.82) is 0 Å². The zero-order valence-corrected chi connectivity index (χ0v) is 8.38. The minimum atomic E-state index is 0.0999. The van der Waals surface area contributed by atoms with Gasteiger partial charge >= 0.3 is 0 Å². The highest BCUT2D eigenvalue weighted by atomic mass is 79.9. The zero-order valence-electron chi connectivity index (χ0n) is 4.40. The number of hydrogen-bond acceptors (Lipinski definition) is 2. The Morgan fingerprint density at radius 1 is 1.56 bits per heavy atom. The fraction of sp³-hybridized carbons (Fsp3) is 0.200. The fourth-order valence-corrected chi connectivity index (χ4v) is 3.29. The van der Waals surface area contributed by atoms with E-state index in [0.717, 1.165) is 13.1 Å². The molecule has 1 aromatic heterocycles. The van der Waals surface area contributed by atoms with Crippen molar-refractivity contribution in [1.82, 2.24) is 0 Å². The summed E-state index contributed by atoms with van der Waals surface area (Å²) in [5.74, 6) is 0. The number of rotatable bonds is 1. The second kappa shape index (κ2) is 3.14. The molecule has 0 bridgehead atoms. The molecule has 0 atom stereocenters. The van der Waals surface area contributed by atoms with E-state index in [0.29, 0.717) is 0 Å². The highest BCUT2D eigenvalue weighted by molar-refractivity contribution is 9.12. The fourth-order valence-electron chi connectivity index (χ4n) is 0.482. The van der Waals surface area contributed by atoms with Gasteiger partial charge in [0.25, 0.3) is 0 Å². The number of hydrogen-bond donors (Lipinski definition) is 1. The van der Waals surface area contributed by atoms with E-state index in [4.69, 9.17) is 5.11 Å². The van der Waals surface area contributed by atoms with Gasteiger partial charge in [0, 0.05) is 5.56 Å². The molecule has 50 valence electrons. The molecule has 0 aliphatic carbocycles. The number of halogens is 2. The lowest BCUT2D eigenvalue weighted by Gasteiger charge is -1.85. The molecule has 1 N–H and O–H groups in total. The molecule has 0 spiro atoms. The van der Waals surface area contributed by atoms with Gasteiger partial charge in [-0.3, -0.25) is 0 Å². The van der Waals surface area contributed by atoms with Gasteiger partial charge in [0.15, 0.2) is 0 Å². The van der Waals surface area contributed by atoms with E-state index in [-0.39, 0.29) is 6.61 Å². The van der Waals surface area contributed by atoms with Gasteiger partial charge < -0.3 is 5.11 Å². The molecule has 1 rings (SSSR count). The minimum absolute atomic E-state index is 0.0999. The summed E-state index contributed by atoms with van der Waals surface area (Å²) in [5, 5.41) is 8.69. The maximum Gasteiger partial charge on any atom is 0.0765 e. The summed E-state index contributed by atoms with van der Waals surface area (Å²) in [4.78, 5) is 0. The van der Waals surface area contributed by atoms with Crippen LogP contribution in [0.3, 0.4) is 0 Å². The Balaban J connectivity index is 3.01. The van der Waals surface area contributed by atoms with E-state index in [1.165, 1.54) is 0 Å². The van der Waals surface area contributed by atoms with Crippen molar-refractivity contribution < 1.29 is 5.11 Å². The van der Waals surface area contributed by atoms with Gasteiger partial charge in [0.1, 0.15) is 0 Å². The van der Waals surface area contributed by atoms with Crippen LogP contribution in [0.25, 0.3) is 0 Å². The molecular weight excluding hydrogens is 268 g/mol. The van der Waals surface area contributed by atoms with Gasteiger partial charge in [0.05, 0.1) is 14.2 Å². The van der Waals surface area contributed by atoms with E-state index < -0.39 is 0 Å². The summed E-state index contributed by atoms with van der Waals surface area (Å²) in [6, 6.07) is 1.90. The van der Waals surface area contributed by atoms with E-state index >= 15 is 0 Å². The smallest absolute Gasteiger partial charge is 0.0765 e. The van der Waals surface area contributed by atoms with Gasteiger partial charge in [0.2, 0.25) is 0 Å². The van der Waals surface area contributed by atoms with Crippen molar-refractivity contribution in [3.05, 3.63) is 19.2 Å². The largest absolute Gasteiger partial charge is 0.392 e. The summed E-state index contributed by atoms with van der Waals surface area (Å²) < 4.78 is 2.04. The first-order valence-electron chi connectivity index (χ1n) is 2.28. The third-order valence-corrected chi connectivity index (χ3v) is 3.36. The van der Waals surface area contributed by atoms with Gasteiger partial charge in [-0.2, -0.15) is 0 Å². The first-order valence-corrected chi connectivity index (χ1v) is 4.69. The third-order valence-electron chi connectivity index (χ3n) is 0.898. The van der Waals surface area contributed by atoms with E-state index in [9.17, 15) is 0 Å². The molecule has 0 unspecified atom stereocenters. The Bertz CT molecular complexity index is 209. The monoisotopic (exact) mass is 270 g/mol. The van der Waals surface area contributed by atoms with Crippen LogP contribution in [0.1, 0.15) is 5.56 Å². The maximum absolute atomic E-state index is 8.69. The molecule has 0 saturated carbocycles. The van der Waals surface area contributed by atoms with Crippen molar-refractivity contribution in [3.63, 3.8) is 0 Å². The Labute approximate surface area is 74.0 Å². The van der Waals surface area contributed by atoms with Crippen LogP contribution >= 0.6 is 43.2 Å². The van der Waals surface area contributed by atoms with Gasteiger partial charge in [-0.25, -0.2) is 0 Å². The maximum atomic E-state index is 8.69. The van der Waals surface area contributed by atoms with Crippen molar-refractivity contribution in [3.8, 4) is 0 Å². The second-order valence-electron chi connectivity index (χ2n) is 1.51. The summed E-state index contributed by atoms with van der Waals surface area (Å²) in [6.45, 7) is 0.0999. The summed E-state index contributed by atoms with van der Waals surface area (Å²) in [5.41, 5.74) is 0.937. The Kier molecular flexibility index (Phi) is 2.70. The average molecular weight is 272 g/mol. The Hall–Kier alpha value is 0.620. The van der Waals surface area contributed by atoms with Crippen LogP contribution in [-0.4, -0.2) is 5.11 Å². The van der Waals surface area contributed by atoms with Crippen molar-refractivity contribution >= 4 is 43.2 Å². The van der Waals surface area contributed by atoms with Gasteiger partial charge in [-0.1, -0.05) is 0 Å². The van der Waals surface area contributed by atoms with Crippen molar-refractivity contribution in [2.24, 2.45) is 0 Å². The third kappa shape index (κ3) is 1.77. The van der Waals surface area contributed by atoms with Crippen LogP contribution in [0.5, 0.6) is 0 Å². The SMILES string of the molecule is OCc1cc(Br)sc1Br. The molecule has 0 aliphatic heterocycles. The normalized spacial score (nSPS) is 10.1. The molecule has 1 heterocycles. The van der Waals surface area contributed by atoms with Crippen LogP contribution in [0.15, 0.2) is 13.6 Å². The quantitative estimate of drug-likeness (QED) is 0.833. The minimum Gasteiger partial charge on any atom is -0.392 e. The van der Waals surface area contributed by atoms with E-state index in [2.05, 4.69) is 31.9 Å². The molecule has 0 radical (unpaired) electrons. The van der Waals surface area contributed by atoms with Crippen molar-refractivity contribution in [2.45, 2.75) is 6.61 Å². The standard InChI is InChI=1S/C5H4Br2OS/c6-4-1-3(2-8)5(7)9-4/h1,8H,2H2. The molecule has 0 saturated heterocycles. The first-order chi connectivity index (χ1) is 4.24. The highest BCUT2D eigenvalue weighted by Gasteiger charge is 2.01. The van der Waals surface area contributed by atoms with Gasteiger partial charge in [-0.15, -0.1) is 11.3 Å². The molecule has 9 heavy (non-hydrogen) atoms. The molecule has 0 aromatic carbocycles. The summed E-state index contributed by atoms with van der Waals surface area (Å²) in [7, 11) is 0. The molecule has 0 aliphatic rings. The molecule has 4 heteroatoms.